The minimum atomic E-state index is 0.170. The predicted octanol–water partition coefficient (Wildman–Crippen LogP) is 2.30. The van der Waals surface area contributed by atoms with Crippen LogP contribution in [-0.4, -0.2) is 49.1 Å². The Labute approximate surface area is 128 Å². The highest BCUT2D eigenvalue weighted by molar-refractivity contribution is 6.35. The van der Waals surface area contributed by atoms with Crippen molar-refractivity contribution in [2.75, 3.05) is 38.7 Å². The molecule has 0 saturated carbocycles. The molecule has 0 aliphatic carbocycles. The first-order valence-electron chi connectivity index (χ1n) is 6.41. The molecule has 0 aromatic carbocycles. The number of carbonyl (C=O) groups excluding carboxylic acids is 1. The van der Waals surface area contributed by atoms with Gasteiger partial charge in [-0.1, -0.05) is 23.2 Å². The lowest BCUT2D eigenvalue weighted by atomic mass is 10.1. The molecule has 2 rings (SSSR count). The highest BCUT2D eigenvalue weighted by Gasteiger charge is 2.29. The largest absolute Gasteiger partial charge is 0.383 e. The van der Waals surface area contributed by atoms with Gasteiger partial charge < -0.3 is 15.0 Å². The second kappa shape index (κ2) is 7.11. The van der Waals surface area contributed by atoms with Gasteiger partial charge in [0.15, 0.2) is 0 Å². The molecule has 1 amide bonds. The highest BCUT2D eigenvalue weighted by Crippen LogP contribution is 2.24. The van der Waals surface area contributed by atoms with Gasteiger partial charge in [0.2, 0.25) is 5.91 Å². The van der Waals surface area contributed by atoms with Crippen molar-refractivity contribution in [3.8, 4) is 0 Å². The van der Waals surface area contributed by atoms with Crippen LogP contribution in [0, 0.1) is 5.92 Å². The Morgan fingerprint density at radius 2 is 2.35 bits per heavy atom. The number of pyridine rings is 1. The summed E-state index contributed by atoms with van der Waals surface area (Å²) in [5.41, 5.74) is 0. The first kappa shape index (κ1) is 15.4. The summed E-state index contributed by atoms with van der Waals surface area (Å²) < 4.78 is 4.99. The lowest BCUT2D eigenvalue weighted by molar-refractivity contribution is -0.128. The van der Waals surface area contributed by atoms with Crippen LogP contribution in [0.2, 0.25) is 10.0 Å². The maximum atomic E-state index is 11.8. The summed E-state index contributed by atoms with van der Waals surface area (Å²) in [5.74, 6) is 1.02. The molecule has 0 radical (unpaired) electrons. The van der Waals surface area contributed by atoms with Gasteiger partial charge in [-0.3, -0.25) is 4.79 Å². The number of hydrogen-bond donors (Lipinski definition) is 1. The number of aromatic nitrogens is 1. The molecule has 110 valence electrons. The van der Waals surface area contributed by atoms with E-state index in [2.05, 4.69) is 10.3 Å². The number of methoxy groups -OCH3 is 1. The van der Waals surface area contributed by atoms with Crippen LogP contribution in [0.15, 0.2) is 12.3 Å². The number of hydrogen-bond acceptors (Lipinski definition) is 4. The third-order valence-electron chi connectivity index (χ3n) is 3.23. The molecule has 1 unspecified atom stereocenters. The molecule has 0 spiro atoms. The summed E-state index contributed by atoms with van der Waals surface area (Å²) in [4.78, 5) is 17.8. The third kappa shape index (κ3) is 3.98. The molecule has 1 aliphatic rings. The van der Waals surface area contributed by atoms with Gasteiger partial charge in [-0.05, 0) is 6.07 Å². The van der Waals surface area contributed by atoms with Gasteiger partial charge >= 0.3 is 0 Å². The van der Waals surface area contributed by atoms with Crippen molar-refractivity contribution in [3.63, 3.8) is 0 Å². The quantitative estimate of drug-likeness (QED) is 0.874. The summed E-state index contributed by atoms with van der Waals surface area (Å²) >= 11 is 11.8. The van der Waals surface area contributed by atoms with E-state index in [9.17, 15) is 4.79 Å². The molecule has 1 saturated heterocycles. The standard InChI is InChI=1S/C13H17Cl2N3O2/c1-20-3-2-18-8-9(4-12(18)19)6-16-13-11(15)5-10(14)7-17-13/h5,7,9H,2-4,6,8H2,1H3,(H,16,17). The zero-order valence-corrected chi connectivity index (χ0v) is 12.7. The summed E-state index contributed by atoms with van der Waals surface area (Å²) in [6.45, 7) is 2.60. The van der Waals surface area contributed by atoms with E-state index < -0.39 is 0 Å². The molecule has 1 N–H and O–H groups in total. The van der Waals surface area contributed by atoms with E-state index in [1.165, 1.54) is 0 Å². The number of anilines is 1. The molecule has 5 nitrogen and oxygen atoms in total. The molecule has 1 atom stereocenters. The fourth-order valence-electron chi connectivity index (χ4n) is 2.19. The smallest absolute Gasteiger partial charge is 0.223 e. The molecule has 1 aromatic rings. The average molecular weight is 318 g/mol. The van der Waals surface area contributed by atoms with Gasteiger partial charge in [0.25, 0.3) is 0 Å². The number of ether oxygens (including phenoxy) is 1. The number of nitrogens with one attached hydrogen (secondary N) is 1. The second-order valence-corrected chi connectivity index (χ2v) is 5.61. The van der Waals surface area contributed by atoms with E-state index in [1.54, 1.807) is 19.4 Å². The molecule has 1 fully saturated rings. The monoisotopic (exact) mass is 317 g/mol. The molecular formula is C13H17Cl2N3O2. The zero-order chi connectivity index (χ0) is 14.5. The number of amides is 1. The average Bonchev–Trinajstić information content (AvgIpc) is 2.76. The normalized spacial score (nSPS) is 18.6. The van der Waals surface area contributed by atoms with E-state index in [1.807, 2.05) is 4.90 Å². The fraction of sp³-hybridized carbons (Fsp3) is 0.538. The van der Waals surface area contributed by atoms with Crippen molar-refractivity contribution < 1.29 is 9.53 Å². The first-order valence-corrected chi connectivity index (χ1v) is 7.17. The highest BCUT2D eigenvalue weighted by atomic mass is 35.5. The van der Waals surface area contributed by atoms with Gasteiger partial charge in [-0.15, -0.1) is 0 Å². The van der Waals surface area contributed by atoms with Gasteiger partial charge in [-0.25, -0.2) is 4.98 Å². The van der Waals surface area contributed by atoms with E-state index >= 15 is 0 Å². The Kier molecular flexibility index (Phi) is 5.46. The summed E-state index contributed by atoms with van der Waals surface area (Å²) in [6, 6.07) is 1.64. The summed E-state index contributed by atoms with van der Waals surface area (Å²) in [5, 5.41) is 4.15. The van der Waals surface area contributed by atoms with Crippen molar-refractivity contribution in [1.29, 1.82) is 0 Å². The molecule has 2 heterocycles. The van der Waals surface area contributed by atoms with Crippen molar-refractivity contribution in [3.05, 3.63) is 22.3 Å². The van der Waals surface area contributed by atoms with Crippen LogP contribution in [0.1, 0.15) is 6.42 Å². The summed E-state index contributed by atoms with van der Waals surface area (Å²) in [7, 11) is 1.63. The molecule has 7 heteroatoms. The lowest BCUT2D eigenvalue weighted by Crippen LogP contribution is -2.29. The zero-order valence-electron chi connectivity index (χ0n) is 11.2. The second-order valence-electron chi connectivity index (χ2n) is 4.77. The van der Waals surface area contributed by atoms with E-state index in [4.69, 9.17) is 27.9 Å². The van der Waals surface area contributed by atoms with Gasteiger partial charge in [0.1, 0.15) is 5.82 Å². The van der Waals surface area contributed by atoms with Crippen LogP contribution in [0.5, 0.6) is 0 Å². The number of carbonyl (C=O) groups is 1. The number of rotatable bonds is 6. The number of likely N-dealkylation sites (tertiary alicyclic amines) is 1. The predicted molar refractivity (Wildman–Crippen MR) is 79.3 cm³/mol. The Balaban J connectivity index is 1.84. The van der Waals surface area contributed by atoms with E-state index in [0.717, 1.165) is 6.54 Å². The van der Waals surface area contributed by atoms with Crippen LogP contribution in [0.25, 0.3) is 0 Å². The lowest BCUT2D eigenvalue weighted by Gasteiger charge is -2.16. The number of halogens is 2. The molecule has 1 aliphatic heterocycles. The maximum Gasteiger partial charge on any atom is 0.223 e. The van der Waals surface area contributed by atoms with Crippen LogP contribution in [0.4, 0.5) is 5.82 Å². The van der Waals surface area contributed by atoms with Gasteiger partial charge in [-0.2, -0.15) is 0 Å². The van der Waals surface area contributed by atoms with Crippen LogP contribution in [-0.2, 0) is 9.53 Å². The topological polar surface area (TPSA) is 54.5 Å². The summed E-state index contributed by atoms with van der Waals surface area (Å²) in [6.07, 6.45) is 2.09. The van der Waals surface area contributed by atoms with Crippen molar-refractivity contribution >= 4 is 34.9 Å². The van der Waals surface area contributed by atoms with Crippen LogP contribution >= 0.6 is 23.2 Å². The van der Waals surface area contributed by atoms with Crippen molar-refractivity contribution in [2.45, 2.75) is 6.42 Å². The maximum absolute atomic E-state index is 11.8. The first-order chi connectivity index (χ1) is 9.60. The Morgan fingerprint density at radius 3 is 3.05 bits per heavy atom. The van der Waals surface area contributed by atoms with E-state index in [-0.39, 0.29) is 11.8 Å². The Morgan fingerprint density at radius 1 is 1.55 bits per heavy atom. The molecule has 0 bridgehead atoms. The van der Waals surface area contributed by atoms with Gasteiger partial charge in [0.05, 0.1) is 16.7 Å². The SMILES string of the molecule is COCCN1CC(CNc2ncc(Cl)cc2Cl)CC1=O. The third-order valence-corrected chi connectivity index (χ3v) is 3.72. The van der Waals surface area contributed by atoms with Crippen LogP contribution < -0.4 is 5.32 Å². The van der Waals surface area contributed by atoms with Crippen LogP contribution in [0.3, 0.4) is 0 Å². The van der Waals surface area contributed by atoms with Gasteiger partial charge in [0, 0.05) is 45.3 Å². The Bertz CT molecular complexity index is 485. The minimum Gasteiger partial charge on any atom is -0.383 e. The van der Waals surface area contributed by atoms with E-state index in [0.29, 0.717) is 42.0 Å². The minimum absolute atomic E-state index is 0.170. The molecule has 1 aromatic heterocycles. The molecular weight excluding hydrogens is 301 g/mol. The Hall–Kier alpha value is -1.04. The van der Waals surface area contributed by atoms with Crippen molar-refractivity contribution in [1.82, 2.24) is 9.88 Å². The molecule has 20 heavy (non-hydrogen) atoms. The number of nitrogens with zero attached hydrogens (tertiary/aromatic N) is 2. The fourth-order valence-corrected chi connectivity index (χ4v) is 2.64. The van der Waals surface area contributed by atoms with Crippen molar-refractivity contribution in [2.24, 2.45) is 5.92 Å².